The number of dihydropyridines is 1. The van der Waals surface area contributed by atoms with E-state index < -0.39 is 11.9 Å². The van der Waals surface area contributed by atoms with Crippen LogP contribution in [0.3, 0.4) is 0 Å². The molecule has 8 heteroatoms. The number of halogens is 2. The van der Waals surface area contributed by atoms with Gasteiger partial charge in [-0.3, -0.25) is 4.79 Å². The lowest BCUT2D eigenvalue weighted by Crippen LogP contribution is -2.29. The first kappa shape index (κ1) is 26.1. The first-order valence-electron chi connectivity index (χ1n) is 12.1. The highest BCUT2D eigenvalue weighted by Crippen LogP contribution is 2.50. The van der Waals surface area contributed by atoms with Gasteiger partial charge in [0, 0.05) is 37.5 Å². The highest BCUT2D eigenvalue weighted by molar-refractivity contribution is 9.10. The predicted octanol–water partition coefficient (Wildman–Crippen LogP) is 6.82. The van der Waals surface area contributed by atoms with Crippen molar-refractivity contribution in [2.75, 3.05) is 13.7 Å². The lowest BCUT2D eigenvalue weighted by molar-refractivity contribution is -0.136. The van der Waals surface area contributed by atoms with Gasteiger partial charge in [-0.15, -0.1) is 0 Å². The monoisotopic (exact) mass is 593 g/mol. The van der Waals surface area contributed by atoms with Crippen LogP contribution >= 0.6 is 27.5 Å². The third-order valence-corrected chi connectivity index (χ3v) is 7.72. The molecule has 0 bridgehead atoms. The third kappa shape index (κ3) is 4.50. The molecule has 3 aromatic rings. The highest BCUT2D eigenvalue weighted by Gasteiger charge is 2.43. The molecule has 1 aliphatic heterocycles. The van der Waals surface area contributed by atoms with E-state index in [0.717, 1.165) is 11.1 Å². The number of carbonyl (C=O) groups excluding carboxylic acids is 2. The number of rotatable bonds is 7. The van der Waals surface area contributed by atoms with Gasteiger partial charge >= 0.3 is 5.97 Å². The number of nitrogens with one attached hydrogen (secondary N) is 1. The molecule has 0 amide bonds. The molecule has 1 N–H and O–H groups in total. The normalized spacial score (nSPS) is 16.1. The van der Waals surface area contributed by atoms with Crippen LogP contribution in [-0.2, 0) is 16.1 Å². The number of methoxy groups -OCH3 is 1. The first-order chi connectivity index (χ1) is 18.3. The molecule has 5 rings (SSSR count). The van der Waals surface area contributed by atoms with Crippen LogP contribution in [0.1, 0.15) is 46.8 Å². The molecule has 1 heterocycles. The van der Waals surface area contributed by atoms with Gasteiger partial charge in [-0.1, -0.05) is 70.0 Å². The summed E-state index contributed by atoms with van der Waals surface area (Å²) in [6, 6.07) is 18.5. The van der Waals surface area contributed by atoms with Crippen molar-refractivity contribution in [2.45, 2.75) is 26.4 Å². The number of carbonyl (C=O) groups is 2. The Morgan fingerprint density at radius 3 is 2.42 bits per heavy atom. The molecule has 0 spiro atoms. The molecule has 0 radical (unpaired) electrons. The third-order valence-electron chi connectivity index (χ3n) is 6.67. The second-order valence-corrected chi connectivity index (χ2v) is 10.1. The maximum absolute atomic E-state index is 13.7. The van der Waals surface area contributed by atoms with Crippen LogP contribution in [0.4, 0.5) is 0 Å². The fraction of sp³-hybridized carbons (Fsp3) is 0.200. The van der Waals surface area contributed by atoms with E-state index >= 15 is 0 Å². The van der Waals surface area contributed by atoms with Crippen LogP contribution in [0.2, 0.25) is 5.02 Å². The minimum atomic E-state index is -0.690. The Morgan fingerprint density at radius 1 is 1.03 bits per heavy atom. The molecule has 0 saturated carbocycles. The number of hydrogen-bond donors (Lipinski definition) is 1. The van der Waals surface area contributed by atoms with Gasteiger partial charge in [0.2, 0.25) is 0 Å². The van der Waals surface area contributed by atoms with Gasteiger partial charge in [0.25, 0.3) is 0 Å². The zero-order valence-corrected chi connectivity index (χ0v) is 23.4. The van der Waals surface area contributed by atoms with Crippen LogP contribution in [0.25, 0.3) is 5.70 Å². The van der Waals surface area contributed by atoms with E-state index in [-0.39, 0.29) is 12.4 Å². The van der Waals surface area contributed by atoms with Gasteiger partial charge in [0.05, 0.1) is 30.9 Å². The second-order valence-electron chi connectivity index (χ2n) is 8.89. The lowest BCUT2D eigenvalue weighted by Gasteiger charge is -2.30. The molecule has 0 unspecified atom stereocenters. The average Bonchev–Trinajstić information content (AvgIpc) is 3.19. The van der Waals surface area contributed by atoms with E-state index in [0.29, 0.717) is 61.3 Å². The number of allylic oxidation sites excluding steroid dienone is 2. The molecule has 0 fully saturated rings. The summed E-state index contributed by atoms with van der Waals surface area (Å²) in [5.41, 5.74) is 5.10. The number of fused-ring (bicyclic) bond motifs is 2. The zero-order valence-electron chi connectivity index (χ0n) is 21.1. The molecule has 1 aliphatic carbocycles. The molecule has 194 valence electrons. The number of hydrogen-bond acceptors (Lipinski definition) is 6. The molecule has 0 aromatic heterocycles. The van der Waals surface area contributed by atoms with E-state index in [9.17, 15) is 9.59 Å². The fourth-order valence-electron chi connectivity index (χ4n) is 4.94. The highest BCUT2D eigenvalue weighted by atomic mass is 79.9. The summed E-state index contributed by atoms with van der Waals surface area (Å²) in [6.45, 7) is 4.33. The number of ether oxygens (including phenoxy) is 3. The maximum Gasteiger partial charge on any atom is 0.336 e. The SMILES string of the molecule is CCOc1cc([C@H]2C(C(=O)OC)=C(C)NC3=C2C(=O)c2ccccc23)c(Br)cc1OCc1ccccc1Cl. The Kier molecular flexibility index (Phi) is 7.32. The van der Waals surface area contributed by atoms with Crippen LogP contribution in [0.5, 0.6) is 11.5 Å². The van der Waals surface area contributed by atoms with Crippen LogP contribution < -0.4 is 14.8 Å². The van der Waals surface area contributed by atoms with Crippen molar-refractivity contribution in [2.24, 2.45) is 0 Å². The van der Waals surface area contributed by atoms with E-state index in [2.05, 4.69) is 21.2 Å². The topological polar surface area (TPSA) is 73.9 Å². The summed E-state index contributed by atoms with van der Waals surface area (Å²) in [5, 5.41) is 3.91. The Morgan fingerprint density at radius 2 is 1.71 bits per heavy atom. The van der Waals surface area contributed by atoms with Crippen LogP contribution in [-0.4, -0.2) is 25.5 Å². The minimum absolute atomic E-state index is 0.133. The van der Waals surface area contributed by atoms with Gasteiger partial charge in [0.15, 0.2) is 17.3 Å². The summed E-state index contributed by atoms with van der Waals surface area (Å²) in [5.74, 6) is -0.343. The Bertz CT molecular complexity index is 1530. The summed E-state index contributed by atoms with van der Waals surface area (Å²) < 4.78 is 17.9. The standard InChI is InChI=1S/C30H25BrClNO5/c1-4-37-23-13-20(21(31)14-24(23)38-15-17-9-5-8-12-22(17)32)26-25(30(35)36-3)16(2)33-28-18-10-6-7-11-19(18)29(34)27(26)28/h5-14,26,33H,4,15H2,1-3H3/t26-/m0/s1. The molecule has 38 heavy (non-hydrogen) atoms. The van der Waals surface area contributed by atoms with Crippen molar-refractivity contribution < 1.29 is 23.8 Å². The Balaban J connectivity index is 1.63. The molecule has 3 aromatic carbocycles. The van der Waals surface area contributed by atoms with E-state index in [4.69, 9.17) is 25.8 Å². The Labute approximate surface area is 234 Å². The van der Waals surface area contributed by atoms with Gasteiger partial charge < -0.3 is 19.5 Å². The summed E-state index contributed by atoms with van der Waals surface area (Å²) in [6.07, 6.45) is 0. The summed E-state index contributed by atoms with van der Waals surface area (Å²) in [7, 11) is 1.33. The molecular weight excluding hydrogens is 570 g/mol. The van der Waals surface area contributed by atoms with Crippen molar-refractivity contribution in [3.63, 3.8) is 0 Å². The molecule has 0 saturated heterocycles. The minimum Gasteiger partial charge on any atom is -0.490 e. The van der Waals surface area contributed by atoms with Crippen molar-refractivity contribution in [3.8, 4) is 11.5 Å². The quantitative estimate of drug-likeness (QED) is 0.303. The number of benzene rings is 3. The number of ketones is 1. The smallest absolute Gasteiger partial charge is 0.336 e. The zero-order chi connectivity index (χ0) is 27.0. The molecule has 2 aliphatic rings. The van der Waals surface area contributed by atoms with Crippen molar-refractivity contribution >= 4 is 45.0 Å². The van der Waals surface area contributed by atoms with Gasteiger partial charge in [-0.25, -0.2) is 4.79 Å². The predicted molar refractivity (Wildman–Crippen MR) is 149 cm³/mol. The van der Waals surface area contributed by atoms with Crippen LogP contribution in [0.15, 0.2) is 82.0 Å². The molecule has 6 nitrogen and oxygen atoms in total. The average molecular weight is 595 g/mol. The summed E-state index contributed by atoms with van der Waals surface area (Å²) >= 11 is 10.0. The first-order valence-corrected chi connectivity index (χ1v) is 13.3. The molecule has 1 atom stereocenters. The summed E-state index contributed by atoms with van der Waals surface area (Å²) in [4.78, 5) is 26.8. The van der Waals surface area contributed by atoms with Gasteiger partial charge in [-0.05, 0) is 37.6 Å². The largest absolute Gasteiger partial charge is 0.490 e. The van der Waals surface area contributed by atoms with E-state index in [1.165, 1.54) is 7.11 Å². The maximum atomic E-state index is 13.7. The number of esters is 1. The fourth-order valence-corrected chi connectivity index (χ4v) is 5.69. The van der Waals surface area contributed by atoms with Crippen molar-refractivity contribution in [1.29, 1.82) is 0 Å². The van der Waals surface area contributed by atoms with Crippen molar-refractivity contribution in [3.05, 3.63) is 109 Å². The van der Waals surface area contributed by atoms with E-state index in [1.54, 1.807) is 12.1 Å². The van der Waals surface area contributed by atoms with Crippen LogP contribution in [0, 0.1) is 0 Å². The Hall–Kier alpha value is -3.55. The van der Waals surface area contributed by atoms with Gasteiger partial charge in [0.1, 0.15) is 6.61 Å². The van der Waals surface area contributed by atoms with Gasteiger partial charge in [-0.2, -0.15) is 0 Å². The lowest BCUT2D eigenvalue weighted by atomic mass is 9.79. The molecular formula is C30H25BrClNO5. The second kappa shape index (κ2) is 10.7. The van der Waals surface area contributed by atoms with E-state index in [1.807, 2.05) is 62.4 Å². The van der Waals surface area contributed by atoms with Crippen molar-refractivity contribution in [1.82, 2.24) is 5.32 Å². The number of Topliss-reactive ketones (excluding diaryl/α,β-unsaturated/α-hetero) is 1.